The highest BCUT2D eigenvalue weighted by Crippen LogP contribution is 2.32. The minimum absolute atomic E-state index is 0.0706. The van der Waals surface area contributed by atoms with E-state index in [1.54, 1.807) is 30.6 Å². The second-order valence-corrected chi connectivity index (χ2v) is 6.12. The number of nitrogens with two attached hydrogens (primary N) is 2. The average molecular weight is 355 g/mol. The van der Waals surface area contributed by atoms with Crippen molar-refractivity contribution in [3.05, 3.63) is 53.9 Å². The first kappa shape index (κ1) is 16.4. The lowest BCUT2D eigenvalue weighted by molar-refractivity contribution is 0.0997. The van der Waals surface area contributed by atoms with E-state index >= 15 is 0 Å². The number of aromatic nitrogens is 1. The van der Waals surface area contributed by atoms with Crippen LogP contribution in [-0.2, 0) is 0 Å². The third-order valence-electron chi connectivity index (χ3n) is 3.40. The molecule has 2 heterocycles. The minimum Gasteiger partial charge on any atom is -0.366 e. The molecule has 0 atom stereocenters. The summed E-state index contributed by atoms with van der Waals surface area (Å²) in [7, 11) is 0. The monoisotopic (exact) mass is 355 g/mol. The van der Waals surface area contributed by atoms with E-state index in [0.29, 0.717) is 10.6 Å². The zero-order chi connectivity index (χ0) is 18.0. The molecule has 0 unspecified atom stereocenters. The van der Waals surface area contributed by atoms with Gasteiger partial charge < -0.3 is 16.8 Å². The smallest absolute Gasteiger partial charge is 0.317 e. The Balaban J connectivity index is 1.92. The predicted octanol–water partition coefficient (Wildman–Crippen LogP) is 2.14. The van der Waals surface area contributed by atoms with Gasteiger partial charge in [0.05, 0.1) is 10.6 Å². The van der Waals surface area contributed by atoms with Crippen LogP contribution in [0.15, 0.2) is 42.7 Å². The first-order valence-electron chi connectivity index (χ1n) is 7.10. The molecule has 25 heavy (non-hydrogen) atoms. The van der Waals surface area contributed by atoms with Crippen LogP contribution in [-0.4, -0.2) is 22.8 Å². The molecule has 9 heteroatoms. The lowest BCUT2D eigenvalue weighted by Gasteiger charge is -2.06. The molecule has 0 saturated carbocycles. The van der Waals surface area contributed by atoms with Gasteiger partial charge in [0.2, 0.25) is 0 Å². The van der Waals surface area contributed by atoms with Crippen LogP contribution in [0.3, 0.4) is 0 Å². The number of hydrogen-bond acceptors (Lipinski definition) is 5. The van der Waals surface area contributed by atoms with Crippen LogP contribution in [0.25, 0.3) is 10.8 Å². The van der Waals surface area contributed by atoms with Gasteiger partial charge in [-0.05, 0) is 23.6 Å². The van der Waals surface area contributed by atoms with Gasteiger partial charge in [0, 0.05) is 23.3 Å². The summed E-state index contributed by atoms with van der Waals surface area (Å²) >= 11 is 0.987. The van der Waals surface area contributed by atoms with E-state index in [1.165, 1.54) is 6.07 Å². The summed E-state index contributed by atoms with van der Waals surface area (Å²) in [6, 6.07) is 7.59. The number of pyridine rings is 1. The molecule has 0 spiro atoms. The molecule has 126 valence electrons. The molecule has 1 aromatic carbocycles. The van der Waals surface area contributed by atoms with Crippen molar-refractivity contribution >= 4 is 50.0 Å². The number of amides is 4. The molecule has 2 aromatic heterocycles. The molecular formula is C16H13N5O3S. The van der Waals surface area contributed by atoms with Gasteiger partial charge in [-0.3, -0.25) is 19.9 Å². The predicted molar refractivity (Wildman–Crippen MR) is 95.7 cm³/mol. The second-order valence-electron chi connectivity index (χ2n) is 5.06. The van der Waals surface area contributed by atoms with Gasteiger partial charge in [0.1, 0.15) is 5.00 Å². The number of hydrogen-bond donors (Lipinski definition) is 4. The number of thiophene rings is 1. The van der Waals surface area contributed by atoms with Crippen LogP contribution in [0.5, 0.6) is 0 Å². The number of carbonyl (C=O) groups excluding carboxylic acids is 3. The minimum atomic E-state index is -0.830. The van der Waals surface area contributed by atoms with Gasteiger partial charge in [-0.15, -0.1) is 0 Å². The summed E-state index contributed by atoms with van der Waals surface area (Å²) in [5.74, 6) is -1.10. The number of benzene rings is 1. The first-order valence-corrected chi connectivity index (χ1v) is 7.91. The fourth-order valence-electron chi connectivity index (χ4n) is 2.34. The Kier molecular flexibility index (Phi) is 4.31. The third kappa shape index (κ3) is 3.40. The highest BCUT2D eigenvalue weighted by Gasteiger charge is 2.17. The molecule has 8 nitrogen and oxygen atoms in total. The normalized spacial score (nSPS) is 10.4. The summed E-state index contributed by atoms with van der Waals surface area (Å²) in [6.45, 7) is 0. The molecule has 3 aromatic rings. The number of fused-ring (bicyclic) bond motifs is 1. The number of primary amides is 2. The van der Waals surface area contributed by atoms with Gasteiger partial charge in [0.25, 0.3) is 11.8 Å². The Hall–Kier alpha value is -3.46. The van der Waals surface area contributed by atoms with Crippen LogP contribution in [0.1, 0.15) is 20.7 Å². The van der Waals surface area contributed by atoms with Crippen molar-refractivity contribution < 1.29 is 14.4 Å². The molecule has 0 saturated heterocycles. The second kappa shape index (κ2) is 6.57. The molecule has 6 N–H and O–H groups in total. The van der Waals surface area contributed by atoms with Crippen molar-refractivity contribution in [1.29, 1.82) is 0 Å². The molecule has 0 aliphatic carbocycles. The zero-order valence-electron chi connectivity index (χ0n) is 12.8. The van der Waals surface area contributed by atoms with Crippen LogP contribution in [0, 0.1) is 0 Å². The first-order chi connectivity index (χ1) is 12.0. The molecule has 4 amide bonds. The van der Waals surface area contributed by atoms with Crippen molar-refractivity contribution in [2.24, 2.45) is 11.5 Å². The SMILES string of the molecule is NC(=O)Nc1sc(NC(=O)c2cccc3cnccc23)cc1C(N)=O. The van der Waals surface area contributed by atoms with Crippen molar-refractivity contribution in [3.8, 4) is 0 Å². The highest BCUT2D eigenvalue weighted by molar-refractivity contribution is 7.20. The van der Waals surface area contributed by atoms with Gasteiger partial charge in [-0.1, -0.05) is 23.5 Å². The van der Waals surface area contributed by atoms with Crippen molar-refractivity contribution in [3.63, 3.8) is 0 Å². The maximum Gasteiger partial charge on any atom is 0.317 e. The Morgan fingerprint density at radius 2 is 1.84 bits per heavy atom. The highest BCUT2D eigenvalue weighted by atomic mass is 32.1. The summed E-state index contributed by atoms with van der Waals surface area (Å²) < 4.78 is 0. The summed E-state index contributed by atoms with van der Waals surface area (Å²) in [5, 5.41) is 7.12. The quantitative estimate of drug-likeness (QED) is 0.569. The largest absolute Gasteiger partial charge is 0.366 e. The molecular weight excluding hydrogens is 342 g/mol. The van der Waals surface area contributed by atoms with E-state index in [-0.39, 0.29) is 16.5 Å². The van der Waals surface area contributed by atoms with Gasteiger partial charge >= 0.3 is 6.03 Å². The van der Waals surface area contributed by atoms with Gasteiger partial charge in [0.15, 0.2) is 0 Å². The molecule has 0 aliphatic rings. The maximum absolute atomic E-state index is 12.6. The Morgan fingerprint density at radius 1 is 1.04 bits per heavy atom. The van der Waals surface area contributed by atoms with Crippen molar-refractivity contribution in [2.75, 3.05) is 10.6 Å². The van der Waals surface area contributed by atoms with E-state index in [2.05, 4.69) is 15.6 Å². The van der Waals surface area contributed by atoms with Crippen molar-refractivity contribution in [2.45, 2.75) is 0 Å². The molecule has 0 radical (unpaired) electrons. The van der Waals surface area contributed by atoms with Crippen LogP contribution in [0.2, 0.25) is 0 Å². The number of rotatable bonds is 4. The number of nitrogens with one attached hydrogen (secondary N) is 2. The maximum atomic E-state index is 12.6. The van der Waals surface area contributed by atoms with E-state index < -0.39 is 11.9 Å². The van der Waals surface area contributed by atoms with E-state index in [9.17, 15) is 14.4 Å². The average Bonchev–Trinajstić information content (AvgIpc) is 2.96. The summed E-state index contributed by atoms with van der Waals surface area (Å²) in [4.78, 5) is 39.1. The third-order valence-corrected chi connectivity index (χ3v) is 4.36. The summed E-state index contributed by atoms with van der Waals surface area (Å²) in [6.07, 6.45) is 3.27. The number of urea groups is 1. The Morgan fingerprint density at radius 3 is 2.56 bits per heavy atom. The number of carbonyl (C=O) groups is 3. The molecule has 3 rings (SSSR count). The summed E-state index contributed by atoms with van der Waals surface area (Å²) in [5.41, 5.74) is 10.9. The molecule has 0 aliphatic heterocycles. The van der Waals surface area contributed by atoms with Crippen molar-refractivity contribution in [1.82, 2.24) is 4.98 Å². The lowest BCUT2D eigenvalue weighted by atomic mass is 10.1. The standard InChI is InChI=1S/C16H13N5O3S/c17-13(22)11-6-12(25-15(11)21-16(18)24)20-14(23)10-3-1-2-8-7-19-5-4-9(8)10/h1-7H,(H2,17,22)(H,20,23)(H3,18,21,24). The molecule has 0 fully saturated rings. The van der Waals surface area contributed by atoms with E-state index in [4.69, 9.17) is 11.5 Å². The fraction of sp³-hybridized carbons (Fsp3) is 0. The van der Waals surface area contributed by atoms with E-state index in [0.717, 1.165) is 22.1 Å². The zero-order valence-corrected chi connectivity index (χ0v) is 13.6. The number of anilines is 2. The van der Waals surface area contributed by atoms with Crippen LogP contribution in [0.4, 0.5) is 14.8 Å². The topological polar surface area (TPSA) is 140 Å². The molecule has 0 bridgehead atoms. The Labute approximate surface area is 145 Å². The van der Waals surface area contributed by atoms with Crippen LogP contribution < -0.4 is 22.1 Å². The van der Waals surface area contributed by atoms with Gasteiger partial charge in [-0.2, -0.15) is 0 Å². The van der Waals surface area contributed by atoms with Crippen LogP contribution >= 0.6 is 11.3 Å². The lowest BCUT2D eigenvalue weighted by Crippen LogP contribution is -2.21. The Bertz CT molecular complexity index is 993. The fourth-order valence-corrected chi connectivity index (χ4v) is 3.30. The number of nitrogens with zero attached hydrogens (tertiary/aromatic N) is 1. The van der Waals surface area contributed by atoms with Gasteiger partial charge in [-0.25, -0.2) is 4.79 Å². The van der Waals surface area contributed by atoms with E-state index in [1.807, 2.05) is 6.07 Å².